The largest absolute Gasteiger partial charge is 0.496 e. The number of methoxy groups -OCH3 is 1. The molecule has 0 spiro atoms. The number of carbonyl (C=O) groups excluding carboxylic acids is 2. The van der Waals surface area contributed by atoms with Crippen LogP contribution in [0.4, 0.5) is 0 Å². The van der Waals surface area contributed by atoms with Crippen LogP contribution >= 0.6 is 0 Å². The van der Waals surface area contributed by atoms with Crippen molar-refractivity contribution in [1.29, 1.82) is 0 Å². The smallest absolute Gasteiger partial charge is 0.342 e. The predicted molar refractivity (Wildman–Crippen MR) is 92.2 cm³/mol. The Kier molecular flexibility index (Phi) is 6.23. The molecular formula is C19H27NO4. The highest BCUT2D eigenvalue weighted by molar-refractivity contribution is 5.94. The van der Waals surface area contributed by atoms with Crippen LogP contribution in [0.15, 0.2) is 18.2 Å². The van der Waals surface area contributed by atoms with Gasteiger partial charge in [0.2, 0.25) is 0 Å². The van der Waals surface area contributed by atoms with Crippen molar-refractivity contribution >= 4 is 11.9 Å². The van der Waals surface area contributed by atoms with Gasteiger partial charge in [0, 0.05) is 6.04 Å². The number of amides is 1. The molecule has 5 nitrogen and oxygen atoms in total. The number of hydrogen-bond donors (Lipinski definition) is 1. The van der Waals surface area contributed by atoms with Gasteiger partial charge >= 0.3 is 5.97 Å². The van der Waals surface area contributed by atoms with Crippen molar-refractivity contribution in [3.8, 4) is 5.75 Å². The second kappa shape index (κ2) is 8.18. The maximum absolute atomic E-state index is 12.4. The van der Waals surface area contributed by atoms with E-state index in [1.165, 1.54) is 13.5 Å². The lowest BCUT2D eigenvalue weighted by Gasteiger charge is -2.30. The number of ether oxygens (including phenoxy) is 2. The fourth-order valence-corrected chi connectivity index (χ4v) is 3.09. The normalized spacial score (nSPS) is 21.7. The molecule has 2 rings (SSSR count). The Balaban J connectivity index is 1.98. The Morgan fingerprint density at radius 2 is 1.96 bits per heavy atom. The zero-order valence-corrected chi connectivity index (χ0v) is 14.9. The minimum Gasteiger partial charge on any atom is -0.496 e. The number of esters is 1. The van der Waals surface area contributed by atoms with Crippen molar-refractivity contribution in [1.82, 2.24) is 5.32 Å². The van der Waals surface area contributed by atoms with Crippen LogP contribution in [-0.4, -0.2) is 31.1 Å². The summed E-state index contributed by atoms with van der Waals surface area (Å²) in [7, 11) is 1.50. The molecule has 24 heavy (non-hydrogen) atoms. The molecule has 1 aliphatic carbocycles. The van der Waals surface area contributed by atoms with Crippen LogP contribution in [0.3, 0.4) is 0 Å². The molecule has 1 aromatic rings. The van der Waals surface area contributed by atoms with E-state index in [1.54, 1.807) is 19.1 Å². The van der Waals surface area contributed by atoms with Gasteiger partial charge in [0.15, 0.2) is 6.10 Å². The van der Waals surface area contributed by atoms with Gasteiger partial charge in [0.05, 0.1) is 7.11 Å². The third kappa shape index (κ3) is 4.49. The monoisotopic (exact) mass is 333 g/mol. The summed E-state index contributed by atoms with van der Waals surface area (Å²) in [6, 6.07) is 5.45. The second-order valence-corrected chi connectivity index (χ2v) is 6.63. The van der Waals surface area contributed by atoms with Crippen LogP contribution in [0.25, 0.3) is 0 Å². The molecule has 0 aliphatic heterocycles. The molecule has 1 aromatic carbocycles. The van der Waals surface area contributed by atoms with Crippen LogP contribution in [0.1, 0.15) is 55.5 Å². The minimum atomic E-state index is -0.836. The van der Waals surface area contributed by atoms with Crippen molar-refractivity contribution in [2.24, 2.45) is 5.92 Å². The molecule has 1 N–H and O–H groups in total. The summed E-state index contributed by atoms with van der Waals surface area (Å²) >= 11 is 0. The van der Waals surface area contributed by atoms with Gasteiger partial charge in [-0.2, -0.15) is 0 Å². The fourth-order valence-electron chi connectivity index (χ4n) is 3.09. The SMILES string of the molecule is COc1ccc(C)cc1C(=O)O[C@@H](C)C(=O)N[C@H]1CCCC[C@@H]1C. The molecular weight excluding hydrogens is 306 g/mol. The highest BCUT2D eigenvalue weighted by Gasteiger charge is 2.27. The number of hydrogen-bond acceptors (Lipinski definition) is 4. The molecule has 132 valence electrons. The summed E-state index contributed by atoms with van der Waals surface area (Å²) in [5.74, 6) is 0.116. The Hall–Kier alpha value is -2.04. The first-order valence-corrected chi connectivity index (χ1v) is 8.58. The Morgan fingerprint density at radius 1 is 1.25 bits per heavy atom. The van der Waals surface area contributed by atoms with Gasteiger partial charge in [0.25, 0.3) is 5.91 Å². The Bertz CT molecular complexity index is 599. The number of rotatable bonds is 5. The molecule has 0 radical (unpaired) electrons. The van der Waals surface area contributed by atoms with E-state index in [2.05, 4.69) is 12.2 Å². The first-order valence-electron chi connectivity index (χ1n) is 8.58. The molecule has 0 saturated heterocycles. The number of carbonyl (C=O) groups is 2. The van der Waals surface area contributed by atoms with Crippen molar-refractivity contribution < 1.29 is 19.1 Å². The number of aryl methyl sites for hydroxylation is 1. The lowest BCUT2D eigenvalue weighted by atomic mass is 9.86. The van der Waals surface area contributed by atoms with E-state index >= 15 is 0 Å². The predicted octanol–water partition coefficient (Wildman–Crippen LogP) is 3.24. The van der Waals surface area contributed by atoms with Crippen LogP contribution in [0.2, 0.25) is 0 Å². The summed E-state index contributed by atoms with van der Waals surface area (Å²) in [6.07, 6.45) is 3.62. The quantitative estimate of drug-likeness (QED) is 0.840. The zero-order valence-electron chi connectivity index (χ0n) is 14.9. The van der Waals surface area contributed by atoms with Crippen molar-refractivity contribution in [2.75, 3.05) is 7.11 Å². The van der Waals surface area contributed by atoms with Gasteiger partial charge in [0.1, 0.15) is 11.3 Å². The molecule has 3 atom stereocenters. The lowest BCUT2D eigenvalue weighted by Crippen LogP contribution is -2.46. The van der Waals surface area contributed by atoms with Gasteiger partial charge in [-0.1, -0.05) is 31.4 Å². The summed E-state index contributed by atoms with van der Waals surface area (Å²) < 4.78 is 10.5. The molecule has 0 unspecified atom stereocenters. The van der Waals surface area contributed by atoms with E-state index in [4.69, 9.17) is 9.47 Å². The van der Waals surface area contributed by atoms with Crippen molar-refractivity contribution in [2.45, 2.75) is 58.6 Å². The van der Waals surface area contributed by atoms with Crippen molar-refractivity contribution in [3.05, 3.63) is 29.3 Å². The highest BCUT2D eigenvalue weighted by Crippen LogP contribution is 2.24. The zero-order chi connectivity index (χ0) is 17.7. The molecule has 0 bridgehead atoms. The topological polar surface area (TPSA) is 64.6 Å². The van der Waals surface area contributed by atoms with Crippen LogP contribution in [0, 0.1) is 12.8 Å². The van der Waals surface area contributed by atoms with Gasteiger partial charge < -0.3 is 14.8 Å². The van der Waals surface area contributed by atoms with E-state index < -0.39 is 12.1 Å². The number of nitrogens with one attached hydrogen (secondary N) is 1. The first-order chi connectivity index (χ1) is 11.4. The molecule has 1 saturated carbocycles. The Morgan fingerprint density at radius 3 is 2.62 bits per heavy atom. The van der Waals surface area contributed by atoms with E-state index in [0.717, 1.165) is 24.8 Å². The van der Waals surface area contributed by atoms with Crippen LogP contribution in [0.5, 0.6) is 5.75 Å². The third-order valence-electron chi connectivity index (χ3n) is 4.67. The van der Waals surface area contributed by atoms with Gasteiger partial charge in [-0.3, -0.25) is 4.79 Å². The molecule has 1 amide bonds. The third-order valence-corrected chi connectivity index (χ3v) is 4.67. The second-order valence-electron chi connectivity index (χ2n) is 6.63. The Labute approximate surface area is 143 Å². The summed E-state index contributed by atoms with van der Waals surface area (Å²) in [5.41, 5.74) is 1.26. The van der Waals surface area contributed by atoms with Crippen molar-refractivity contribution in [3.63, 3.8) is 0 Å². The molecule has 5 heteroatoms. The lowest BCUT2D eigenvalue weighted by molar-refractivity contribution is -0.130. The van der Waals surface area contributed by atoms with Crippen LogP contribution in [-0.2, 0) is 9.53 Å². The first kappa shape index (κ1) is 18.3. The average molecular weight is 333 g/mol. The summed E-state index contributed by atoms with van der Waals surface area (Å²) in [5, 5.41) is 3.02. The van der Waals surface area contributed by atoms with E-state index in [1.807, 2.05) is 13.0 Å². The van der Waals surface area contributed by atoms with E-state index in [9.17, 15) is 9.59 Å². The average Bonchev–Trinajstić information content (AvgIpc) is 2.56. The van der Waals surface area contributed by atoms with E-state index in [-0.39, 0.29) is 11.9 Å². The molecule has 0 aromatic heterocycles. The van der Waals surface area contributed by atoms with Crippen LogP contribution < -0.4 is 10.1 Å². The van der Waals surface area contributed by atoms with Gasteiger partial charge in [-0.05, 0) is 44.7 Å². The van der Waals surface area contributed by atoms with Gasteiger partial charge in [-0.15, -0.1) is 0 Å². The molecule has 1 aliphatic rings. The molecule has 1 fully saturated rings. The molecule has 0 heterocycles. The van der Waals surface area contributed by atoms with Gasteiger partial charge in [-0.25, -0.2) is 4.79 Å². The maximum atomic E-state index is 12.4. The van der Waals surface area contributed by atoms with E-state index in [0.29, 0.717) is 17.2 Å². The summed E-state index contributed by atoms with van der Waals surface area (Å²) in [6.45, 7) is 5.64. The fraction of sp³-hybridized carbons (Fsp3) is 0.579. The number of benzene rings is 1. The summed E-state index contributed by atoms with van der Waals surface area (Å²) in [4.78, 5) is 24.7. The standard InChI is InChI=1S/C19H27NO4/c1-12-9-10-17(23-4)15(11-12)19(22)24-14(3)18(21)20-16-8-6-5-7-13(16)2/h9-11,13-14,16H,5-8H2,1-4H3,(H,20,21)/t13-,14-,16-/m0/s1. The highest BCUT2D eigenvalue weighted by atomic mass is 16.5. The maximum Gasteiger partial charge on any atom is 0.342 e. The minimum absolute atomic E-state index is 0.168.